The van der Waals surface area contributed by atoms with E-state index in [-0.39, 0.29) is 11.1 Å². The van der Waals surface area contributed by atoms with Crippen molar-refractivity contribution in [1.29, 1.82) is 0 Å². The molecule has 2 nitrogen and oxygen atoms in total. The summed E-state index contributed by atoms with van der Waals surface area (Å²) >= 11 is 0. The Morgan fingerprint density at radius 2 is 0.931 bits per heavy atom. The van der Waals surface area contributed by atoms with Crippen LogP contribution in [0, 0.1) is 0 Å². The summed E-state index contributed by atoms with van der Waals surface area (Å²) in [6, 6.07) is 0. The molecule has 0 atom stereocenters. The first kappa shape index (κ1) is 27.0. The first-order chi connectivity index (χ1) is 13.8. The van der Waals surface area contributed by atoms with Crippen LogP contribution < -0.4 is 5.32 Å². The lowest BCUT2D eigenvalue weighted by molar-refractivity contribution is -0.0228. The second kappa shape index (κ2) is 15.7. The van der Waals surface area contributed by atoms with Crippen molar-refractivity contribution in [3.05, 3.63) is 0 Å². The molecule has 0 aromatic rings. The van der Waals surface area contributed by atoms with E-state index in [1.54, 1.807) is 0 Å². The van der Waals surface area contributed by atoms with Gasteiger partial charge >= 0.3 is 0 Å². The molecule has 1 aliphatic heterocycles. The highest BCUT2D eigenvalue weighted by atomic mass is 16.5. The third-order valence-corrected chi connectivity index (χ3v) is 6.50. The molecule has 0 radical (unpaired) electrons. The van der Waals surface area contributed by atoms with Crippen LogP contribution in [-0.2, 0) is 4.74 Å². The lowest BCUT2D eigenvalue weighted by atomic mass is 9.81. The molecule has 0 aromatic heterocycles. The highest BCUT2D eigenvalue weighted by molar-refractivity contribution is 4.97. The number of nitrogens with one attached hydrogen (secondary N) is 1. The Labute approximate surface area is 184 Å². The third-order valence-electron chi connectivity index (χ3n) is 6.50. The Bertz CT molecular complexity index is 361. The molecule has 0 amide bonds. The van der Waals surface area contributed by atoms with Gasteiger partial charge in [0.25, 0.3) is 0 Å². The zero-order valence-corrected chi connectivity index (χ0v) is 20.9. The van der Waals surface area contributed by atoms with Gasteiger partial charge in [-0.05, 0) is 47.0 Å². The van der Waals surface area contributed by atoms with Gasteiger partial charge < -0.3 is 10.1 Å². The molecule has 0 aromatic carbocycles. The van der Waals surface area contributed by atoms with E-state index < -0.39 is 0 Å². The number of unbranched alkanes of at least 4 members (excludes halogenated alkanes) is 15. The Kier molecular flexibility index (Phi) is 14.6. The molecular formula is C27H55NO. The quantitative estimate of drug-likeness (QED) is 0.229. The molecule has 0 spiro atoms. The van der Waals surface area contributed by atoms with Gasteiger partial charge in [0, 0.05) is 17.7 Å². The number of piperidine rings is 1. The molecule has 0 saturated carbocycles. The molecule has 2 heteroatoms. The predicted molar refractivity (Wildman–Crippen MR) is 130 cm³/mol. The number of hydrogen-bond acceptors (Lipinski definition) is 2. The van der Waals surface area contributed by atoms with Crippen molar-refractivity contribution in [1.82, 2.24) is 5.32 Å². The van der Waals surface area contributed by atoms with Crippen molar-refractivity contribution in [2.45, 2.75) is 167 Å². The summed E-state index contributed by atoms with van der Waals surface area (Å²) in [5.74, 6) is 0. The average Bonchev–Trinajstić information content (AvgIpc) is 2.61. The fourth-order valence-electron chi connectivity index (χ4n) is 5.25. The van der Waals surface area contributed by atoms with E-state index in [1.165, 1.54) is 103 Å². The zero-order valence-electron chi connectivity index (χ0n) is 20.9. The van der Waals surface area contributed by atoms with E-state index in [9.17, 15) is 0 Å². The summed E-state index contributed by atoms with van der Waals surface area (Å²) < 4.78 is 6.23. The molecule has 29 heavy (non-hydrogen) atoms. The number of ether oxygens (including phenoxy) is 1. The average molecular weight is 410 g/mol. The lowest BCUT2D eigenvalue weighted by Gasteiger charge is -2.46. The van der Waals surface area contributed by atoms with E-state index in [4.69, 9.17) is 4.74 Å². The van der Waals surface area contributed by atoms with Gasteiger partial charge in [-0.25, -0.2) is 0 Å². The van der Waals surface area contributed by atoms with Crippen LogP contribution in [-0.4, -0.2) is 23.8 Å². The van der Waals surface area contributed by atoms with Crippen LogP contribution in [0.2, 0.25) is 0 Å². The Hall–Kier alpha value is -0.0800. The summed E-state index contributed by atoms with van der Waals surface area (Å²) in [4.78, 5) is 0. The van der Waals surface area contributed by atoms with Gasteiger partial charge in [-0.2, -0.15) is 0 Å². The Morgan fingerprint density at radius 3 is 1.31 bits per heavy atom. The standard InChI is InChI=1S/C27H55NO/c1-6-7-8-9-10-11-12-13-14-15-16-17-18-19-20-21-22-29-25-23-26(2,3)28-27(4,5)24-25/h25,28H,6-24H2,1-5H3. The molecule has 0 aliphatic carbocycles. The summed E-state index contributed by atoms with van der Waals surface area (Å²) in [5.41, 5.74) is 0.391. The van der Waals surface area contributed by atoms with E-state index in [1.807, 2.05) is 0 Å². The van der Waals surface area contributed by atoms with Crippen molar-refractivity contribution in [3.63, 3.8) is 0 Å². The topological polar surface area (TPSA) is 21.3 Å². The highest BCUT2D eigenvalue weighted by Gasteiger charge is 2.37. The maximum atomic E-state index is 6.23. The monoisotopic (exact) mass is 409 g/mol. The number of rotatable bonds is 18. The van der Waals surface area contributed by atoms with Gasteiger partial charge in [0.1, 0.15) is 0 Å². The first-order valence-electron chi connectivity index (χ1n) is 13.3. The van der Waals surface area contributed by atoms with E-state index >= 15 is 0 Å². The minimum atomic E-state index is 0.195. The first-order valence-corrected chi connectivity index (χ1v) is 13.3. The predicted octanol–water partition coefficient (Wildman–Crippen LogP) is 8.57. The van der Waals surface area contributed by atoms with Gasteiger partial charge in [0.2, 0.25) is 0 Å². The fourth-order valence-corrected chi connectivity index (χ4v) is 5.25. The van der Waals surface area contributed by atoms with Crippen molar-refractivity contribution in [2.75, 3.05) is 6.61 Å². The maximum absolute atomic E-state index is 6.23. The van der Waals surface area contributed by atoms with Gasteiger partial charge in [-0.15, -0.1) is 0 Å². The summed E-state index contributed by atoms with van der Waals surface area (Å²) in [7, 11) is 0. The van der Waals surface area contributed by atoms with Crippen LogP contribution in [0.1, 0.15) is 150 Å². The molecule has 174 valence electrons. The highest BCUT2D eigenvalue weighted by Crippen LogP contribution is 2.30. The van der Waals surface area contributed by atoms with Crippen LogP contribution in [0.3, 0.4) is 0 Å². The molecule has 0 bridgehead atoms. The smallest absolute Gasteiger partial charge is 0.0609 e. The molecule has 1 aliphatic rings. The van der Waals surface area contributed by atoms with Gasteiger partial charge in [-0.1, -0.05) is 103 Å². The summed E-state index contributed by atoms with van der Waals surface area (Å²) in [5, 5.41) is 3.74. The molecule has 1 N–H and O–H groups in total. The normalized spacial score (nSPS) is 18.9. The minimum absolute atomic E-state index is 0.195. The van der Waals surface area contributed by atoms with Crippen LogP contribution in [0.4, 0.5) is 0 Å². The van der Waals surface area contributed by atoms with E-state index in [0.717, 1.165) is 19.4 Å². The van der Waals surface area contributed by atoms with Crippen LogP contribution in [0.5, 0.6) is 0 Å². The van der Waals surface area contributed by atoms with Crippen molar-refractivity contribution in [3.8, 4) is 0 Å². The fraction of sp³-hybridized carbons (Fsp3) is 1.00. The van der Waals surface area contributed by atoms with Crippen LogP contribution >= 0.6 is 0 Å². The molecule has 1 fully saturated rings. The van der Waals surface area contributed by atoms with Crippen molar-refractivity contribution in [2.24, 2.45) is 0 Å². The van der Waals surface area contributed by atoms with Gasteiger partial charge in [0.15, 0.2) is 0 Å². The summed E-state index contributed by atoms with van der Waals surface area (Å²) in [6.45, 7) is 12.5. The van der Waals surface area contributed by atoms with Gasteiger partial charge in [-0.3, -0.25) is 0 Å². The molecular weight excluding hydrogens is 354 g/mol. The maximum Gasteiger partial charge on any atom is 0.0609 e. The SMILES string of the molecule is CCCCCCCCCCCCCCCCCCOC1CC(C)(C)NC(C)(C)C1. The van der Waals surface area contributed by atoms with Crippen molar-refractivity contribution < 1.29 is 4.74 Å². The Balaban J connectivity index is 1.81. The molecule has 1 saturated heterocycles. The molecule has 1 heterocycles. The lowest BCUT2D eigenvalue weighted by Crippen LogP contribution is -2.59. The minimum Gasteiger partial charge on any atom is -0.378 e. The van der Waals surface area contributed by atoms with Crippen LogP contribution in [0.15, 0.2) is 0 Å². The third kappa shape index (κ3) is 15.4. The largest absolute Gasteiger partial charge is 0.378 e. The number of hydrogen-bond donors (Lipinski definition) is 1. The second-order valence-corrected chi connectivity index (χ2v) is 11.1. The summed E-state index contributed by atoms with van der Waals surface area (Å²) in [6.07, 6.45) is 25.5. The zero-order chi connectivity index (χ0) is 21.4. The van der Waals surface area contributed by atoms with E-state index in [0.29, 0.717) is 6.10 Å². The molecule has 1 rings (SSSR count). The van der Waals surface area contributed by atoms with Crippen LogP contribution in [0.25, 0.3) is 0 Å². The molecule has 0 unspecified atom stereocenters. The van der Waals surface area contributed by atoms with Gasteiger partial charge in [0.05, 0.1) is 6.10 Å². The van der Waals surface area contributed by atoms with E-state index in [2.05, 4.69) is 39.9 Å². The van der Waals surface area contributed by atoms with Crippen molar-refractivity contribution >= 4 is 0 Å². The Morgan fingerprint density at radius 1 is 0.586 bits per heavy atom. The second-order valence-electron chi connectivity index (χ2n) is 11.1.